The van der Waals surface area contributed by atoms with Gasteiger partial charge >= 0.3 is 0 Å². The predicted octanol–water partition coefficient (Wildman–Crippen LogP) is 4.03. The van der Waals surface area contributed by atoms with Crippen molar-refractivity contribution in [3.63, 3.8) is 0 Å². The van der Waals surface area contributed by atoms with Crippen LogP contribution in [0.5, 0.6) is 0 Å². The molecule has 144 valence electrons. The van der Waals surface area contributed by atoms with Crippen molar-refractivity contribution >= 4 is 21.6 Å². The number of carbonyl (C=O) groups excluding carboxylic acids is 1. The number of hydrogen-bond acceptors (Lipinski definition) is 3. The summed E-state index contributed by atoms with van der Waals surface area (Å²) >= 11 is 0. The lowest BCUT2D eigenvalue weighted by atomic mass is 10.0. The van der Waals surface area contributed by atoms with E-state index in [1.165, 1.54) is 36.4 Å². The Hall–Kier alpha value is -2.25. The maximum Gasteiger partial charge on any atom is 0.255 e. The summed E-state index contributed by atoms with van der Waals surface area (Å²) in [5, 5.41) is 2.68. The third-order valence-corrected chi connectivity index (χ3v) is 7.05. The summed E-state index contributed by atoms with van der Waals surface area (Å²) in [6.45, 7) is 3.87. The van der Waals surface area contributed by atoms with Gasteiger partial charge in [-0.3, -0.25) is 4.79 Å². The molecule has 27 heavy (non-hydrogen) atoms. The fourth-order valence-corrected chi connectivity index (χ4v) is 5.39. The lowest BCUT2D eigenvalue weighted by molar-refractivity contribution is 0.102. The molecule has 1 N–H and O–H groups in total. The molecule has 3 rings (SSSR count). The molecule has 0 unspecified atom stereocenters. The first-order valence-electron chi connectivity index (χ1n) is 8.99. The number of anilines is 1. The lowest BCUT2D eigenvalue weighted by Crippen LogP contribution is -2.47. The Balaban J connectivity index is 1.76. The van der Waals surface area contributed by atoms with Gasteiger partial charge in [0.1, 0.15) is 5.82 Å². The van der Waals surface area contributed by atoms with Gasteiger partial charge in [-0.05, 0) is 75.2 Å². The van der Waals surface area contributed by atoms with Crippen LogP contribution in [0.3, 0.4) is 0 Å². The molecule has 7 heteroatoms. The molecule has 1 saturated heterocycles. The van der Waals surface area contributed by atoms with Crippen LogP contribution in [0.1, 0.15) is 43.5 Å². The van der Waals surface area contributed by atoms with Crippen LogP contribution < -0.4 is 5.32 Å². The van der Waals surface area contributed by atoms with Crippen molar-refractivity contribution in [3.05, 3.63) is 59.9 Å². The van der Waals surface area contributed by atoms with Crippen LogP contribution >= 0.6 is 0 Å². The summed E-state index contributed by atoms with van der Waals surface area (Å²) in [4.78, 5) is 12.4. The van der Waals surface area contributed by atoms with E-state index < -0.39 is 15.8 Å². The van der Waals surface area contributed by atoms with E-state index in [1.54, 1.807) is 16.4 Å². The van der Waals surface area contributed by atoms with Gasteiger partial charge in [0.2, 0.25) is 10.0 Å². The van der Waals surface area contributed by atoms with Gasteiger partial charge in [-0.15, -0.1) is 0 Å². The van der Waals surface area contributed by atoms with Gasteiger partial charge in [-0.25, -0.2) is 12.8 Å². The van der Waals surface area contributed by atoms with Crippen molar-refractivity contribution < 1.29 is 17.6 Å². The number of hydrogen-bond donors (Lipinski definition) is 1. The van der Waals surface area contributed by atoms with E-state index in [0.29, 0.717) is 11.3 Å². The monoisotopic (exact) mass is 390 g/mol. The molecule has 1 fully saturated rings. The molecule has 5 nitrogen and oxygen atoms in total. The lowest BCUT2D eigenvalue weighted by Gasteiger charge is -2.37. The van der Waals surface area contributed by atoms with Gasteiger partial charge in [-0.2, -0.15) is 4.31 Å². The molecular weight excluding hydrogens is 367 g/mol. The number of amides is 1. The summed E-state index contributed by atoms with van der Waals surface area (Å²) in [6.07, 6.45) is 2.74. The first-order valence-corrected chi connectivity index (χ1v) is 10.4. The van der Waals surface area contributed by atoms with E-state index >= 15 is 0 Å². The normalized spacial score (nSPS) is 21.0. The number of halogens is 1. The minimum Gasteiger partial charge on any atom is -0.322 e. The number of piperidine rings is 1. The Morgan fingerprint density at radius 1 is 1.00 bits per heavy atom. The average Bonchev–Trinajstić information content (AvgIpc) is 2.62. The van der Waals surface area contributed by atoms with Crippen molar-refractivity contribution in [1.29, 1.82) is 0 Å². The van der Waals surface area contributed by atoms with Crippen molar-refractivity contribution in [1.82, 2.24) is 4.31 Å². The number of sulfonamides is 1. The zero-order chi connectivity index (χ0) is 19.6. The highest BCUT2D eigenvalue weighted by molar-refractivity contribution is 7.89. The second kappa shape index (κ2) is 7.78. The second-order valence-corrected chi connectivity index (χ2v) is 8.79. The van der Waals surface area contributed by atoms with Crippen molar-refractivity contribution in [3.8, 4) is 0 Å². The Kier molecular flexibility index (Phi) is 5.62. The van der Waals surface area contributed by atoms with Crippen LogP contribution in [-0.2, 0) is 10.0 Å². The van der Waals surface area contributed by atoms with Crippen LogP contribution in [0, 0.1) is 5.82 Å². The molecule has 0 spiro atoms. The highest BCUT2D eigenvalue weighted by Crippen LogP contribution is 2.30. The quantitative estimate of drug-likeness (QED) is 0.857. The molecule has 0 saturated carbocycles. The van der Waals surface area contributed by atoms with Crippen LogP contribution in [0.25, 0.3) is 0 Å². The molecule has 0 aliphatic carbocycles. The standard InChI is InChI=1S/C20H23FN2O3S/c1-14-4-3-5-15(2)23(14)27(25,26)19-12-10-18(11-13-19)22-20(24)16-6-8-17(21)9-7-16/h6-15H,3-5H2,1-2H3,(H,22,24)/t14-,15-/m1/s1. The second-order valence-electron chi connectivity index (χ2n) is 6.95. The van der Waals surface area contributed by atoms with E-state index in [4.69, 9.17) is 0 Å². The summed E-state index contributed by atoms with van der Waals surface area (Å²) in [5.74, 6) is -0.800. The third-order valence-electron chi connectivity index (χ3n) is 4.91. The third kappa shape index (κ3) is 4.20. The van der Waals surface area contributed by atoms with E-state index in [2.05, 4.69) is 5.32 Å². The smallest absolute Gasteiger partial charge is 0.255 e. The fraction of sp³-hybridized carbons (Fsp3) is 0.350. The van der Waals surface area contributed by atoms with Crippen LogP contribution in [-0.4, -0.2) is 30.7 Å². The molecule has 1 heterocycles. The number of rotatable bonds is 4. The molecule has 1 aliphatic rings. The van der Waals surface area contributed by atoms with Crippen LogP contribution in [0.4, 0.5) is 10.1 Å². The first-order chi connectivity index (χ1) is 12.8. The number of benzene rings is 2. The SMILES string of the molecule is C[C@@H]1CCC[C@@H](C)N1S(=O)(=O)c1ccc(NC(=O)c2ccc(F)cc2)cc1. The van der Waals surface area contributed by atoms with Crippen LogP contribution in [0.15, 0.2) is 53.4 Å². The van der Waals surface area contributed by atoms with E-state index in [9.17, 15) is 17.6 Å². The Bertz CT molecular complexity index is 901. The highest BCUT2D eigenvalue weighted by Gasteiger charge is 2.35. The first kappa shape index (κ1) is 19.5. The molecular formula is C20H23FN2O3S. The van der Waals surface area contributed by atoms with E-state index in [-0.39, 0.29) is 22.9 Å². The molecule has 1 amide bonds. The fourth-order valence-electron chi connectivity index (χ4n) is 3.51. The minimum atomic E-state index is -3.58. The molecule has 0 bridgehead atoms. The maximum absolute atomic E-state index is 13.0. The Morgan fingerprint density at radius 2 is 1.56 bits per heavy atom. The Morgan fingerprint density at radius 3 is 2.11 bits per heavy atom. The Labute approximate surface area is 159 Å². The van der Waals surface area contributed by atoms with Gasteiger partial charge in [0.25, 0.3) is 5.91 Å². The largest absolute Gasteiger partial charge is 0.322 e. The van der Waals surface area contributed by atoms with Crippen LogP contribution in [0.2, 0.25) is 0 Å². The zero-order valence-corrected chi connectivity index (χ0v) is 16.2. The summed E-state index contributed by atoms with van der Waals surface area (Å²) in [7, 11) is -3.58. The van der Waals surface area contributed by atoms with Crippen molar-refractivity contribution in [2.45, 2.75) is 50.1 Å². The number of carbonyl (C=O) groups is 1. The molecule has 0 radical (unpaired) electrons. The summed E-state index contributed by atoms with van der Waals surface area (Å²) in [5.41, 5.74) is 0.798. The topological polar surface area (TPSA) is 66.5 Å². The zero-order valence-electron chi connectivity index (χ0n) is 15.4. The van der Waals surface area contributed by atoms with Gasteiger partial charge in [-0.1, -0.05) is 6.42 Å². The molecule has 1 aliphatic heterocycles. The summed E-state index contributed by atoms with van der Waals surface area (Å²) < 4.78 is 40.5. The highest BCUT2D eigenvalue weighted by atomic mass is 32.2. The van der Waals surface area contributed by atoms with Gasteiger partial charge in [0.15, 0.2) is 0 Å². The van der Waals surface area contributed by atoms with E-state index in [0.717, 1.165) is 19.3 Å². The number of nitrogens with zero attached hydrogens (tertiary/aromatic N) is 1. The van der Waals surface area contributed by atoms with Crippen molar-refractivity contribution in [2.75, 3.05) is 5.32 Å². The summed E-state index contributed by atoms with van der Waals surface area (Å²) in [6, 6.07) is 11.3. The molecule has 2 atom stereocenters. The minimum absolute atomic E-state index is 0.0309. The molecule has 2 aromatic carbocycles. The van der Waals surface area contributed by atoms with Gasteiger partial charge in [0.05, 0.1) is 4.90 Å². The van der Waals surface area contributed by atoms with Gasteiger partial charge in [0, 0.05) is 23.3 Å². The van der Waals surface area contributed by atoms with E-state index in [1.807, 2.05) is 13.8 Å². The predicted molar refractivity (Wildman–Crippen MR) is 103 cm³/mol. The van der Waals surface area contributed by atoms with Gasteiger partial charge < -0.3 is 5.32 Å². The molecule has 0 aromatic heterocycles. The van der Waals surface area contributed by atoms with Crippen molar-refractivity contribution in [2.24, 2.45) is 0 Å². The average molecular weight is 390 g/mol. The number of nitrogens with one attached hydrogen (secondary N) is 1. The molecule has 2 aromatic rings. The maximum atomic E-state index is 13.0.